The molecule has 188 valence electrons. The number of aromatic amines is 1. The van der Waals surface area contributed by atoms with Gasteiger partial charge in [0.15, 0.2) is 11.5 Å². The first-order valence-electron chi connectivity index (χ1n) is 11.0. The number of carbonyl (C=O) groups excluding carboxylic acids is 1. The van der Waals surface area contributed by atoms with Gasteiger partial charge in [-0.15, -0.1) is 0 Å². The lowest BCUT2D eigenvalue weighted by Gasteiger charge is -2.14. The molecule has 4 aromatic heterocycles. The number of halogens is 3. The van der Waals surface area contributed by atoms with Crippen molar-refractivity contribution in [3.05, 3.63) is 77.7 Å². The molecular weight excluding hydrogens is 487 g/mol. The van der Waals surface area contributed by atoms with Gasteiger partial charge in [-0.1, -0.05) is 24.3 Å². The van der Waals surface area contributed by atoms with Gasteiger partial charge in [0.1, 0.15) is 11.6 Å². The van der Waals surface area contributed by atoms with E-state index in [0.29, 0.717) is 23.0 Å². The highest BCUT2D eigenvalue weighted by Crippen LogP contribution is 2.31. The first-order valence-corrected chi connectivity index (χ1v) is 11.0. The van der Waals surface area contributed by atoms with Crippen molar-refractivity contribution in [1.29, 1.82) is 0 Å². The Morgan fingerprint density at radius 1 is 1.08 bits per heavy atom. The summed E-state index contributed by atoms with van der Waals surface area (Å²) in [5.41, 5.74) is 7.68. The van der Waals surface area contributed by atoms with Gasteiger partial charge in [0, 0.05) is 43.8 Å². The molecule has 0 fully saturated rings. The topological polar surface area (TPSA) is 139 Å². The summed E-state index contributed by atoms with van der Waals surface area (Å²) in [5.74, 6) is -0.124. The van der Waals surface area contributed by atoms with Gasteiger partial charge >= 0.3 is 6.18 Å². The number of hydrogen-bond acceptors (Lipinski definition) is 7. The number of nitrogens with one attached hydrogen (secondary N) is 3. The van der Waals surface area contributed by atoms with E-state index in [-0.39, 0.29) is 23.7 Å². The Kier molecular flexibility index (Phi) is 5.95. The zero-order valence-corrected chi connectivity index (χ0v) is 19.3. The van der Waals surface area contributed by atoms with Gasteiger partial charge in [-0.05, 0) is 23.3 Å². The average molecular weight is 507 g/mol. The fourth-order valence-corrected chi connectivity index (χ4v) is 3.68. The third kappa shape index (κ3) is 5.05. The summed E-state index contributed by atoms with van der Waals surface area (Å²) >= 11 is 0. The highest BCUT2D eigenvalue weighted by molar-refractivity contribution is 6.07. The molecule has 1 aromatic carbocycles. The number of carbonyl (C=O) groups is 1. The maximum atomic E-state index is 13.3. The average Bonchev–Trinajstić information content (AvgIpc) is 3.46. The van der Waals surface area contributed by atoms with Crippen LogP contribution in [0.3, 0.4) is 0 Å². The fraction of sp³-hybridized carbons (Fsp3) is 0.125. The number of alkyl halides is 3. The van der Waals surface area contributed by atoms with E-state index in [1.807, 2.05) is 30.3 Å². The van der Waals surface area contributed by atoms with Crippen molar-refractivity contribution in [3.63, 3.8) is 0 Å². The number of nitrogens with two attached hydrogens (primary N) is 1. The molecule has 0 bridgehead atoms. The number of rotatable bonds is 6. The van der Waals surface area contributed by atoms with E-state index in [1.54, 1.807) is 19.4 Å². The van der Waals surface area contributed by atoms with E-state index < -0.39 is 17.6 Å². The number of nitrogens with zero attached hydrogens (tertiary/aromatic N) is 5. The van der Waals surface area contributed by atoms with Crippen LogP contribution < -0.4 is 16.4 Å². The zero-order valence-electron chi connectivity index (χ0n) is 19.3. The molecule has 13 heteroatoms. The lowest BCUT2D eigenvalue weighted by molar-refractivity contribution is -0.137. The van der Waals surface area contributed by atoms with Crippen molar-refractivity contribution >= 4 is 34.4 Å². The molecule has 4 heterocycles. The second-order valence-corrected chi connectivity index (χ2v) is 8.23. The number of benzene rings is 1. The van der Waals surface area contributed by atoms with Gasteiger partial charge in [-0.25, -0.2) is 9.97 Å². The summed E-state index contributed by atoms with van der Waals surface area (Å²) < 4.78 is 41.3. The summed E-state index contributed by atoms with van der Waals surface area (Å²) in [6.07, 6.45) is -0.677. The van der Waals surface area contributed by atoms with Crippen LogP contribution in [0.2, 0.25) is 0 Å². The first kappa shape index (κ1) is 23.8. The van der Waals surface area contributed by atoms with Crippen LogP contribution in [0, 0.1) is 0 Å². The Balaban J connectivity index is 1.35. The van der Waals surface area contributed by atoms with Crippen LogP contribution in [0.25, 0.3) is 22.2 Å². The molecule has 0 atom stereocenters. The van der Waals surface area contributed by atoms with Crippen LogP contribution in [-0.2, 0) is 19.8 Å². The molecule has 37 heavy (non-hydrogen) atoms. The standard InChI is InChI=1S/C24H20F3N9O/c1-36-7-6-19(35-36)32-23(37)18-9-16(24(25,26)27)12-31-21(18)29-10-13-2-4-14(5-3-13)15-8-17-20(28)33-34-22(17)30-11-15/h2-9,11-12H,10H2,1H3,(H,29,31)(H,32,35,37)(H3,28,30,33,34). The van der Waals surface area contributed by atoms with Gasteiger partial charge in [0.05, 0.1) is 16.5 Å². The highest BCUT2D eigenvalue weighted by Gasteiger charge is 2.32. The van der Waals surface area contributed by atoms with Crippen molar-refractivity contribution in [1.82, 2.24) is 29.9 Å². The molecule has 0 saturated heterocycles. The highest BCUT2D eigenvalue weighted by atomic mass is 19.4. The molecule has 0 radical (unpaired) electrons. The molecule has 0 saturated carbocycles. The maximum absolute atomic E-state index is 13.3. The van der Waals surface area contributed by atoms with Crippen LogP contribution in [-0.4, -0.2) is 35.9 Å². The molecule has 5 aromatic rings. The number of pyridine rings is 2. The first-order chi connectivity index (χ1) is 17.7. The normalized spacial score (nSPS) is 11.6. The summed E-state index contributed by atoms with van der Waals surface area (Å²) in [7, 11) is 1.65. The molecular formula is C24H20F3N9O. The summed E-state index contributed by atoms with van der Waals surface area (Å²) in [4.78, 5) is 21.0. The Bertz CT molecular complexity index is 1590. The Morgan fingerprint density at radius 3 is 2.57 bits per heavy atom. The fourth-order valence-electron chi connectivity index (χ4n) is 3.68. The van der Waals surface area contributed by atoms with E-state index >= 15 is 0 Å². The van der Waals surface area contributed by atoms with Crippen LogP contribution in [0.5, 0.6) is 0 Å². The third-order valence-corrected chi connectivity index (χ3v) is 5.60. The number of aryl methyl sites for hydroxylation is 1. The minimum Gasteiger partial charge on any atom is -0.384 e. The van der Waals surface area contributed by atoms with E-state index in [1.165, 1.54) is 10.7 Å². The Morgan fingerprint density at radius 2 is 1.86 bits per heavy atom. The van der Waals surface area contributed by atoms with Crippen molar-refractivity contribution in [2.75, 3.05) is 16.4 Å². The van der Waals surface area contributed by atoms with E-state index in [9.17, 15) is 18.0 Å². The van der Waals surface area contributed by atoms with Gasteiger partial charge < -0.3 is 16.4 Å². The van der Waals surface area contributed by atoms with Gasteiger partial charge in [0.2, 0.25) is 0 Å². The van der Waals surface area contributed by atoms with E-state index in [4.69, 9.17) is 5.73 Å². The summed E-state index contributed by atoms with van der Waals surface area (Å²) in [5, 5.41) is 16.9. The molecule has 0 aliphatic carbocycles. The maximum Gasteiger partial charge on any atom is 0.417 e. The third-order valence-electron chi connectivity index (χ3n) is 5.60. The summed E-state index contributed by atoms with van der Waals surface area (Å²) in [6, 6.07) is 11.6. The second kappa shape index (κ2) is 9.26. The van der Waals surface area contributed by atoms with Crippen molar-refractivity contribution < 1.29 is 18.0 Å². The monoisotopic (exact) mass is 507 g/mol. The SMILES string of the molecule is Cn1ccc(NC(=O)c2cc(C(F)(F)F)cnc2NCc2ccc(-c3cnc4n[nH]c(N)c4c3)cc2)n1. The van der Waals surface area contributed by atoms with Crippen molar-refractivity contribution in [2.24, 2.45) is 7.05 Å². The molecule has 5 N–H and O–H groups in total. The lowest BCUT2D eigenvalue weighted by Crippen LogP contribution is -2.18. The van der Waals surface area contributed by atoms with Gasteiger partial charge in [0.25, 0.3) is 5.91 Å². The smallest absolute Gasteiger partial charge is 0.384 e. The number of hydrogen-bond donors (Lipinski definition) is 4. The number of fused-ring (bicyclic) bond motifs is 1. The van der Waals surface area contributed by atoms with Gasteiger partial charge in [-0.2, -0.15) is 23.4 Å². The zero-order chi connectivity index (χ0) is 26.2. The van der Waals surface area contributed by atoms with Crippen LogP contribution in [0.1, 0.15) is 21.5 Å². The number of amides is 1. The Hall–Kier alpha value is -4.94. The van der Waals surface area contributed by atoms with E-state index in [2.05, 4.69) is 35.9 Å². The minimum atomic E-state index is -4.65. The summed E-state index contributed by atoms with van der Waals surface area (Å²) in [6.45, 7) is 0.217. The molecule has 1 amide bonds. The van der Waals surface area contributed by atoms with Crippen LogP contribution in [0.15, 0.2) is 61.1 Å². The number of nitrogen functional groups attached to an aromatic ring is 1. The molecule has 10 nitrogen and oxygen atoms in total. The number of H-pyrrole nitrogens is 1. The quantitative estimate of drug-likeness (QED) is 0.270. The molecule has 0 spiro atoms. The van der Waals surface area contributed by atoms with Crippen LogP contribution in [0.4, 0.5) is 30.6 Å². The lowest BCUT2D eigenvalue weighted by atomic mass is 10.0. The molecule has 5 rings (SSSR count). The largest absolute Gasteiger partial charge is 0.417 e. The second-order valence-electron chi connectivity index (χ2n) is 8.23. The minimum absolute atomic E-state index is 0.00981. The predicted molar refractivity (Wildman–Crippen MR) is 131 cm³/mol. The van der Waals surface area contributed by atoms with Crippen LogP contribution >= 0.6 is 0 Å². The Labute approximate surface area is 207 Å². The van der Waals surface area contributed by atoms with Crippen molar-refractivity contribution in [2.45, 2.75) is 12.7 Å². The predicted octanol–water partition coefficient (Wildman–Crippen LogP) is 4.22. The number of aromatic nitrogens is 6. The van der Waals surface area contributed by atoms with E-state index in [0.717, 1.165) is 22.8 Å². The van der Waals surface area contributed by atoms with Crippen molar-refractivity contribution in [3.8, 4) is 11.1 Å². The molecule has 0 aliphatic heterocycles. The molecule has 0 aliphatic rings. The number of anilines is 3. The van der Waals surface area contributed by atoms with Gasteiger partial charge in [-0.3, -0.25) is 14.6 Å². The molecule has 0 unspecified atom stereocenters.